The molecule has 142 valence electrons. The summed E-state index contributed by atoms with van der Waals surface area (Å²) in [7, 11) is 0. The van der Waals surface area contributed by atoms with E-state index in [4.69, 9.17) is 0 Å². The fourth-order valence-electron chi connectivity index (χ4n) is 3.41. The van der Waals surface area contributed by atoms with Gasteiger partial charge >= 0.3 is 0 Å². The first-order valence-corrected chi connectivity index (χ1v) is 9.44. The van der Waals surface area contributed by atoms with Gasteiger partial charge in [0.15, 0.2) is 0 Å². The maximum atomic E-state index is 12.5. The van der Waals surface area contributed by atoms with Crippen molar-refractivity contribution in [3.8, 4) is 0 Å². The van der Waals surface area contributed by atoms with E-state index in [-0.39, 0.29) is 18.4 Å². The van der Waals surface area contributed by atoms with E-state index in [1.807, 2.05) is 56.3 Å². The smallest absolute Gasteiger partial charge is 0.244 e. The van der Waals surface area contributed by atoms with E-state index in [0.717, 1.165) is 35.6 Å². The van der Waals surface area contributed by atoms with E-state index in [9.17, 15) is 9.59 Å². The summed E-state index contributed by atoms with van der Waals surface area (Å²) in [5.41, 5.74) is 4.77. The fourth-order valence-corrected chi connectivity index (χ4v) is 3.41. The molecule has 2 aromatic rings. The highest BCUT2D eigenvalue weighted by Gasteiger charge is 2.18. The van der Waals surface area contributed by atoms with Crippen LogP contribution in [0, 0.1) is 13.8 Å². The van der Waals surface area contributed by atoms with Crippen LogP contribution in [-0.2, 0) is 9.59 Å². The first-order valence-electron chi connectivity index (χ1n) is 9.44. The third kappa shape index (κ3) is 4.67. The predicted molar refractivity (Wildman–Crippen MR) is 110 cm³/mol. The van der Waals surface area contributed by atoms with Crippen LogP contribution in [0.4, 0.5) is 17.1 Å². The van der Waals surface area contributed by atoms with Crippen LogP contribution in [0.5, 0.6) is 0 Å². The molecule has 0 saturated carbocycles. The Morgan fingerprint density at radius 1 is 1.04 bits per heavy atom. The van der Waals surface area contributed by atoms with Gasteiger partial charge in [-0.15, -0.1) is 0 Å². The molecule has 0 radical (unpaired) electrons. The summed E-state index contributed by atoms with van der Waals surface area (Å²) in [6.45, 7) is 7.57. The van der Waals surface area contributed by atoms with Crippen molar-refractivity contribution in [1.82, 2.24) is 0 Å². The van der Waals surface area contributed by atoms with Gasteiger partial charge in [-0.05, 0) is 68.1 Å². The van der Waals surface area contributed by atoms with Crippen molar-refractivity contribution in [2.75, 3.05) is 34.8 Å². The van der Waals surface area contributed by atoms with E-state index in [1.54, 1.807) is 0 Å². The number of nitrogens with zero attached hydrogens (tertiary/aromatic N) is 2. The normalized spacial score (nSPS) is 13.5. The van der Waals surface area contributed by atoms with Gasteiger partial charge in [-0.1, -0.05) is 12.1 Å². The van der Waals surface area contributed by atoms with E-state index < -0.39 is 0 Å². The minimum absolute atomic E-state index is 0.00816. The van der Waals surface area contributed by atoms with Crippen LogP contribution in [-0.4, -0.2) is 31.4 Å². The Bertz CT molecular complexity index is 824. The largest absolute Gasteiger partial charge is 0.372 e. The summed E-state index contributed by atoms with van der Waals surface area (Å²) in [5.74, 6) is -0.359. The number of hydrogen-bond donors (Lipinski definition) is 1. The molecule has 3 rings (SSSR count). The molecule has 2 amide bonds. The van der Waals surface area contributed by atoms with Crippen LogP contribution in [0.3, 0.4) is 0 Å². The Labute approximate surface area is 161 Å². The van der Waals surface area contributed by atoms with Gasteiger partial charge in [-0.2, -0.15) is 0 Å². The molecule has 1 aliphatic rings. The number of carbonyl (C=O) groups excluding carboxylic acids is 2. The number of hydrogen-bond acceptors (Lipinski definition) is 3. The Balaban J connectivity index is 1.70. The summed E-state index contributed by atoms with van der Waals surface area (Å²) in [6.07, 6.45) is 2.44. The summed E-state index contributed by atoms with van der Waals surface area (Å²) in [4.78, 5) is 28.5. The molecular formula is C22H27N3O2. The fraction of sp³-hybridized carbons (Fsp3) is 0.364. The molecule has 0 bridgehead atoms. The molecule has 0 spiro atoms. The number of nitrogens with one attached hydrogen (secondary N) is 1. The lowest BCUT2D eigenvalue weighted by Crippen LogP contribution is -2.36. The molecule has 27 heavy (non-hydrogen) atoms. The lowest BCUT2D eigenvalue weighted by atomic mass is 10.1. The number of anilines is 3. The molecule has 0 atom stereocenters. The number of aryl methyl sites for hydroxylation is 2. The summed E-state index contributed by atoms with van der Waals surface area (Å²) < 4.78 is 0. The topological polar surface area (TPSA) is 52.7 Å². The monoisotopic (exact) mass is 365 g/mol. The quantitative estimate of drug-likeness (QED) is 0.874. The summed E-state index contributed by atoms with van der Waals surface area (Å²) in [5, 5.41) is 2.92. The number of benzene rings is 2. The Hall–Kier alpha value is -2.82. The maximum Gasteiger partial charge on any atom is 0.244 e. The van der Waals surface area contributed by atoms with E-state index in [1.165, 1.54) is 30.4 Å². The Morgan fingerprint density at radius 2 is 1.70 bits per heavy atom. The molecule has 1 N–H and O–H groups in total. The highest BCUT2D eigenvalue weighted by molar-refractivity contribution is 6.02. The van der Waals surface area contributed by atoms with Gasteiger partial charge in [0, 0.05) is 37.1 Å². The first-order chi connectivity index (χ1) is 12.9. The van der Waals surface area contributed by atoms with Crippen molar-refractivity contribution >= 4 is 28.9 Å². The molecule has 5 nitrogen and oxygen atoms in total. The third-order valence-electron chi connectivity index (χ3n) is 4.98. The van der Waals surface area contributed by atoms with Gasteiger partial charge in [0.2, 0.25) is 11.8 Å². The van der Waals surface area contributed by atoms with Crippen LogP contribution in [0.15, 0.2) is 42.5 Å². The lowest BCUT2D eigenvalue weighted by molar-refractivity contribution is -0.120. The summed E-state index contributed by atoms with van der Waals surface area (Å²) >= 11 is 0. The van der Waals surface area contributed by atoms with Crippen molar-refractivity contribution in [2.45, 2.75) is 33.6 Å². The second-order valence-corrected chi connectivity index (χ2v) is 7.18. The van der Waals surface area contributed by atoms with E-state index >= 15 is 0 Å². The van der Waals surface area contributed by atoms with Gasteiger partial charge < -0.3 is 15.1 Å². The first kappa shape index (κ1) is 19.0. The highest BCUT2D eigenvalue weighted by atomic mass is 16.2. The van der Waals surface area contributed by atoms with Gasteiger partial charge in [0.05, 0.1) is 0 Å². The second-order valence-electron chi connectivity index (χ2n) is 7.18. The van der Waals surface area contributed by atoms with Crippen molar-refractivity contribution in [3.05, 3.63) is 53.6 Å². The van der Waals surface area contributed by atoms with Crippen molar-refractivity contribution in [1.29, 1.82) is 0 Å². The number of carbonyl (C=O) groups is 2. The van der Waals surface area contributed by atoms with Crippen LogP contribution < -0.4 is 15.1 Å². The second kappa shape index (κ2) is 8.25. The maximum absolute atomic E-state index is 12.5. The third-order valence-corrected chi connectivity index (χ3v) is 4.98. The van der Waals surface area contributed by atoms with Crippen LogP contribution >= 0.6 is 0 Å². The molecule has 1 aliphatic heterocycles. The average molecular weight is 365 g/mol. The molecule has 0 unspecified atom stereocenters. The van der Waals surface area contributed by atoms with Gasteiger partial charge in [0.1, 0.15) is 6.54 Å². The number of amides is 2. The van der Waals surface area contributed by atoms with Crippen LogP contribution in [0.2, 0.25) is 0 Å². The zero-order valence-corrected chi connectivity index (χ0v) is 16.3. The van der Waals surface area contributed by atoms with Crippen LogP contribution in [0.1, 0.15) is 30.9 Å². The standard InChI is InChI=1S/C22H27N3O2/c1-16-6-7-17(2)21(14-16)23-22(27)15-25(18(3)26)20-10-8-19(9-11-20)24-12-4-5-13-24/h6-11,14H,4-5,12-13,15H2,1-3H3,(H,23,27). The van der Waals surface area contributed by atoms with Crippen molar-refractivity contribution in [2.24, 2.45) is 0 Å². The summed E-state index contributed by atoms with van der Waals surface area (Å²) in [6, 6.07) is 13.8. The molecule has 5 heteroatoms. The Kier molecular flexibility index (Phi) is 5.79. The lowest BCUT2D eigenvalue weighted by Gasteiger charge is -2.23. The minimum atomic E-state index is -0.206. The Morgan fingerprint density at radius 3 is 2.33 bits per heavy atom. The minimum Gasteiger partial charge on any atom is -0.372 e. The van der Waals surface area contributed by atoms with Gasteiger partial charge in [-0.3, -0.25) is 9.59 Å². The zero-order chi connectivity index (χ0) is 19.4. The SMILES string of the molecule is CC(=O)N(CC(=O)Nc1cc(C)ccc1C)c1ccc(N2CCCC2)cc1. The molecule has 2 aromatic carbocycles. The molecule has 0 aliphatic carbocycles. The van der Waals surface area contributed by atoms with Gasteiger partial charge in [-0.25, -0.2) is 0 Å². The van der Waals surface area contributed by atoms with Crippen molar-refractivity contribution < 1.29 is 9.59 Å². The molecular weight excluding hydrogens is 338 g/mol. The zero-order valence-electron chi connectivity index (χ0n) is 16.3. The average Bonchev–Trinajstić information content (AvgIpc) is 3.17. The molecule has 1 saturated heterocycles. The van der Waals surface area contributed by atoms with Crippen LogP contribution in [0.25, 0.3) is 0 Å². The highest BCUT2D eigenvalue weighted by Crippen LogP contribution is 2.24. The van der Waals surface area contributed by atoms with Crippen molar-refractivity contribution in [3.63, 3.8) is 0 Å². The molecule has 1 heterocycles. The van der Waals surface area contributed by atoms with E-state index in [0.29, 0.717) is 0 Å². The van der Waals surface area contributed by atoms with E-state index in [2.05, 4.69) is 10.2 Å². The van der Waals surface area contributed by atoms with Gasteiger partial charge in [0.25, 0.3) is 0 Å². The predicted octanol–water partition coefficient (Wildman–Crippen LogP) is 3.90. The molecule has 1 fully saturated rings. The number of rotatable bonds is 5. The molecule has 0 aromatic heterocycles.